The Morgan fingerprint density at radius 2 is 2.27 bits per heavy atom. The first kappa shape index (κ1) is 10.3. The Kier molecular flexibility index (Phi) is 3.13. The van der Waals surface area contributed by atoms with Gasteiger partial charge in [0.05, 0.1) is 25.5 Å². The maximum Gasteiger partial charge on any atom is 0.254 e. The van der Waals surface area contributed by atoms with Gasteiger partial charge in [0.25, 0.3) is 5.56 Å². The van der Waals surface area contributed by atoms with Crippen molar-refractivity contribution in [2.45, 2.75) is 19.4 Å². The minimum absolute atomic E-state index is 0.0178. The lowest BCUT2D eigenvalue weighted by atomic mass is 10.1. The highest BCUT2D eigenvalue weighted by molar-refractivity contribution is 5.19. The number of ether oxygens (including phenoxy) is 1. The van der Waals surface area contributed by atoms with Crippen LogP contribution in [0.4, 0.5) is 0 Å². The van der Waals surface area contributed by atoms with E-state index in [1.165, 1.54) is 0 Å². The monoisotopic (exact) mass is 209 g/mol. The summed E-state index contributed by atoms with van der Waals surface area (Å²) in [5, 5.41) is 2.97. The van der Waals surface area contributed by atoms with Gasteiger partial charge in [-0.2, -0.15) is 0 Å². The van der Waals surface area contributed by atoms with Gasteiger partial charge in [-0.05, 0) is 7.05 Å². The highest BCUT2D eigenvalue weighted by atomic mass is 16.5. The van der Waals surface area contributed by atoms with Crippen LogP contribution in [0.15, 0.2) is 4.79 Å². The summed E-state index contributed by atoms with van der Waals surface area (Å²) in [7, 11) is 1.83. The molecule has 0 aliphatic carbocycles. The fourth-order valence-electron chi connectivity index (χ4n) is 1.76. The summed E-state index contributed by atoms with van der Waals surface area (Å²) in [6, 6.07) is 0. The zero-order chi connectivity index (χ0) is 10.7. The second-order valence-corrected chi connectivity index (χ2v) is 3.58. The van der Waals surface area contributed by atoms with Crippen LogP contribution in [0.3, 0.4) is 0 Å². The summed E-state index contributed by atoms with van der Waals surface area (Å²) in [5.41, 5.74) is 1.66. The van der Waals surface area contributed by atoms with Crippen molar-refractivity contribution in [3.63, 3.8) is 0 Å². The molecule has 0 spiro atoms. The molecular formula is C10H15N3O2. The molecule has 1 aromatic rings. The van der Waals surface area contributed by atoms with Gasteiger partial charge in [-0.25, -0.2) is 4.98 Å². The van der Waals surface area contributed by atoms with E-state index in [-0.39, 0.29) is 5.56 Å². The number of hydrogen-bond acceptors (Lipinski definition) is 4. The van der Waals surface area contributed by atoms with Crippen molar-refractivity contribution in [2.75, 3.05) is 20.3 Å². The first-order valence-corrected chi connectivity index (χ1v) is 5.14. The van der Waals surface area contributed by atoms with Crippen LogP contribution < -0.4 is 10.9 Å². The third kappa shape index (κ3) is 2.24. The van der Waals surface area contributed by atoms with Crippen molar-refractivity contribution in [3.05, 3.63) is 27.4 Å². The van der Waals surface area contributed by atoms with Crippen molar-refractivity contribution >= 4 is 0 Å². The van der Waals surface area contributed by atoms with Gasteiger partial charge in [0.2, 0.25) is 0 Å². The van der Waals surface area contributed by atoms with Crippen LogP contribution in [-0.2, 0) is 24.1 Å². The smallest absolute Gasteiger partial charge is 0.254 e. The van der Waals surface area contributed by atoms with E-state index in [0.717, 1.165) is 17.7 Å². The van der Waals surface area contributed by atoms with Crippen molar-refractivity contribution in [1.82, 2.24) is 15.3 Å². The molecule has 0 radical (unpaired) electrons. The summed E-state index contributed by atoms with van der Waals surface area (Å²) < 4.78 is 5.32. The number of nitrogens with one attached hydrogen (secondary N) is 2. The molecule has 15 heavy (non-hydrogen) atoms. The minimum Gasteiger partial charge on any atom is -0.381 e. The molecule has 1 aliphatic rings. The predicted molar refractivity (Wildman–Crippen MR) is 55.8 cm³/mol. The van der Waals surface area contributed by atoms with E-state index in [1.807, 2.05) is 7.05 Å². The van der Waals surface area contributed by atoms with Crippen molar-refractivity contribution in [1.29, 1.82) is 0 Å². The van der Waals surface area contributed by atoms with Crippen molar-refractivity contribution < 1.29 is 4.74 Å². The van der Waals surface area contributed by atoms with E-state index in [1.54, 1.807) is 0 Å². The molecule has 2 N–H and O–H groups in total. The zero-order valence-corrected chi connectivity index (χ0v) is 8.80. The van der Waals surface area contributed by atoms with E-state index in [0.29, 0.717) is 32.0 Å². The summed E-state index contributed by atoms with van der Waals surface area (Å²) in [6.45, 7) is 1.86. The lowest BCUT2D eigenvalue weighted by Gasteiger charge is -2.05. The highest BCUT2D eigenvalue weighted by Gasteiger charge is 2.13. The van der Waals surface area contributed by atoms with Crippen LogP contribution in [0.25, 0.3) is 0 Å². The van der Waals surface area contributed by atoms with Crippen LogP contribution in [0.2, 0.25) is 0 Å². The van der Waals surface area contributed by atoms with Gasteiger partial charge in [-0.15, -0.1) is 0 Å². The summed E-state index contributed by atoms with van der Waals surface area (Å²) >= 11 is 0. The lowest BCUT2D eigenvalue weighted by molar-refractivity contribution is 0.146. The second-order valence-electron chi connectivity index (χ2n) is 3.58. The number of aromatic amines is 1. The number of aromatic nitrogens is 2. The zero-order valence-electron chi connectivity index (χ0n) is 8.80. The Hall–Kier alpha value is -1.20. The molecule has 0 amide bonds. The maximum atomic E-state index is 11.7. The summed E-state index contributed by atoms with van der Waals surface area (Å²) in [6.07, 6.45) is 1.40. The molecular weight excluding hydrogens is 194 g/mol. The molecule has 0 saturated heterocycles. The number of H-pyrrole nitrogens is 1. The van der Waals surface area contributed by atoms with Crippen molar-refractivity contribution in [2.24, 2.45) is 0 Å². The van der Waals surface area contributed by atoms with E-state index in [9.17, 15) is 4.79 Å². The van der Waals surface area contributed by atoms with Gasteiger partial charge in [-0.1, -0.05) is 0 Å². The van der Waals surface area contributed by atoms with Gasteiger partial charge in [-0.3, -0.25) is 4.79 Å². The largest absolute Gasteiger partial charge is 0.381 e. The molecule has 2 rings (SSSR count). The number of rotatable bonds is 2. The Labute approximate surface area is 87.9 Å². The number of nitrogens with zero attached hydrogens (tertiary/aromatic N) is 1. The Bertz CT molecular complexity index is 400. The minimum atomic E-state index is -0.0178. The normalized spacial score (nSPS) is 15.8. The molecule has 1 aliphatic heterocycles. The van der Waals surface area contributed by atoms with Crippen LogP contribution in [0.5, 0.6) is 0 Å². The molecule has 0 fully saturated rings. The van der Waals surface area contributed by atoms with Gasteiger partial charge >= 0.3 is 0 Å². The van der Waals surface area contributed by atoms with Gasteiger partial charge in [0.15, 0.2) is 0 Å². The molecule has 0 saturated carbocycles. The quantitative estimate of drug-likeness (QED) is 0.696. The van der Waals surface area contributed by atoms with E-state index in [2.05, 4.69) is 15.3 Å². The molecule has 5 nitrogen and oxygen atoms in total. The summed E-state index contributed by atoms with van der Waals surface area (Å²) in [4.78, 5) is 18.9. The van der Waals surface area contributed by atoms with Gasteiger partial charge < -0.3 is 15.0 Å². The first-order chi connectivity index (χ1) is 7.31. The molecule has 0 bridgehead atoms. The molecule has 0 unspecified atom stereocenters. The van der Waals surface area contributed by atoms with E-state index >= 15 is 0 Å². The molecule has 82 valence electrons. The standard InChI is InChI=1S/C10H15N3O2/c1-11-6-9-12-8-3-5-15-4-2-7(8)10(14)13-9/h11H,2-6H2,1H3,(H,12,13,14). The van der Waals surface area contributed by atoms with E-state index < -0.39 is 0 Å². The number of hydrogen-bond donors (Lipinski definition) is 2. The number of fused-ring (bicyclic) bond motifs is 1. The Morgan fingerprint density at radius 3 is 3.07 bits per heavy atom. The van der Waals surface area contributed by atoms with Gasteiger partial charge in [0.1, 0.15) is 5.82 Å². The van der Waals surface area contributed by atoms with Crippen LogP contribution in [0.1, 0.15) is 17.1 Å². The second kappa shape index (κ2) is 4.55. The Balaban J connectivity index is 2.39. The highest BCUT2D eigenvalue weighted by Crippen LogP contribution is 2.07. The van der Waals surface area contributed by atoms with Crippen LogP contribution in [-0.4, -0.2) is 30.2 Å². The average molecular weight is 209 g/mol. The van der Waals surface area contributed by atoms with Crippen LogP contribution in [0, 0.1) is 0 Å². The molecule has 0 atom stereocenters. The summed E-state index contributed by atoms with van der Waals surface area (Å²) in [5.74, 6) is 0.697. The predicted octanol–water partition coefficient (Wildman–Crippen LogP) is -0.395. The SMILES string of the molecule is CNCc1nc2c(c(=O)[nH]1)CCOCC2. The fraction of sp³-hybridized carbons (Fsp3) is 0.600. The maximum absolute atomic E-state index is 11.7. The lowest BCUT2D eigenvalue weighted by Crippen LogP contribution is -2.22. The Morgan fingerprint density at radius 1 is 1.47 bits per heavy atom. The molecule has 0 aromatic carbocycles. The molecule has 5 heteroatoms. The molecule has 2 heterocycles. The van der Waals surface area contributed by atoms with Gasteiger partial charge in [0, 0.05) is 18.4 Å². The third-order valence-electron chi connectivity index (χ3n) is 2.47. The first-order valence-electron chi connectivity index (χ1n) is 5.14. The average Bonchev–Trinajstić information content (AvgIpc) is 2.43. The topological polar surface area (TPSA) is 67.0 Å². The third-order valence-corrected chi connectivity index (χ3v) is 2.47. The van der Waals surface area contributed by atoms with Crippen molar-refractivity contribution in [3.8, 4) is 0 Å². The fourth-order valence-corrected chi connectivity index (χ4v) is 1.76. The molecule has 1 aromatic heterocycles. The van der Waals surface area contributed by atoms with Crippen LogP contribution >= 0.6 is 0 Å². The van der Waals surface area contributed by atoms with E-state index in [4.69, 9.17) is 4.74 Å².